The number of para-hydroxylation sites is 1. The Morgan fingerprint density at radius 3 is 3.14 bits per heavy atom. The number of hydrazone groups is 1. The van der Waals surface area contributed by atoms with Gasteiger partial charge in [-0.1, -0.05) is 12.1 Å². The zero-order valence-electron chi connectivity index (χ0n) is 12.3. The molecule has 1 fully saturated rings. The maximum Gasteiger partial charge on any atom is 0.187 e. The Labute approximate surface area is 138 Å². The number of nitrogens with zero attached hydrogens (tertiary/aromatic N) is 2. The SMILES string of the molecule is C/C(=N/NC(=S)NC[C@H]1CCCO1)c1nc2ccccc2s1. The lowest BCUT2D eigenvalue weighted by molar-refractivity contribution is 0.114. The highest BCUT2D eigenvalue weighted by Crippen LogP contribution is 2.21. The lowest BCUT2D eigenvalue weighted by Gasteiger charge is -2.12. The fraction of sp³-hybridized carbons (Fsp3) is 0.400. The summed E-state index contributed by atoms with van der Waals surface area (Å²) >= 11 is 6.84. The Morgan fingerprint density at radius 1 is 1.50 bits per heavy atom. The molecule has 1 aromatic carbocycles. The van der Waals surface area contributed by atoms with Crippen LogP contribution in [0.5, 0.6) is 0 Å². The Balaban J connectivity index is 1.55. The molecule has 1 aliphatic heterocycles. The fourth-order valence-electron chi connectivity index (χ4n) is 2.26. The smallest absolute Gasteiger partial charge is 0.187 e. The second-order valence-electron chi connectivity index (χ2n) is 5.14. The van der Waals surface area contributed by atoms with Gasteiger partial charge in [0.2, 0.25) is 0 Å². The molecule has 116 valence electrons. The monoisotopic (exact) mass is 334 g/mol. The van der Waals surface area contributed by atoms with Crippen LogP contribution in [0.1, 0.15) is 24.8 Å². The van der Waals surface area contributed by atoms with Crippen molar-refractivity contribution in [1.29, 1.82) is 0 Å². The molecular formula is C15H18N4OS2. The minimum atomic E-state index is 0.258. The molecule has 3 rings (SSSR count). The number of benzene rings is 1. The second-order valence-corrected chi connectivity index (χ2v) is 6.58. The number of rotatable bonds is 4. The number of thiocarbonyl (C=S) groups is 1. The van der Waals surface area contributed by atoms with Gasteiger partial charge in [0.15, 0.2) is 5.11 Å². The molecule has 1 aliphatic rings. The van der Waals surface area contributed by atoms with Gasteiger partial charge in [0, 0.05) is 13.2 Å². The third-order valence-corrected chi connectivity index (χ3v) is 4.82. The summed E-state index contributed by atoms with van der Waals surface area (Å²) in [6.07, 6.45) is 2.47. The summed E-state index contributed by atoms with van der Waals surface area (Å²) in [5.74, 6) is 0. The third kappa shape index (κ3) is 3.79. The van der Waals surface area contributed by atoms with Crippen LogP contribution in [0, 0.1) is 0 Å². The van der Waals surface area contributed by atoms with Gasteiger partial charge < -0.3 is 10.1 Å². The van der Waals surface area contributed by atoms with E-state index in [4.69, 9.17) is 17.0 Å². The van der Waals surface area contributed by atoms with E-state index in [9.17, 15) is 0 Å². The lowest BCUT2D eigenvalue weighted by Crippen LogP contribution is -2.37. The van der Waals surface area contributed by atoms with Crippen LogP contribution in [0.25, 0.3) is 10.2 Å². The van der Waals surface area contributed by atoms with Crippen LogP contribution in [0.4, 0.5) is 0 Å². The van der Waals surface area contributed by atoms with Crippen molar-refractivity contribution in [1.82, 2.24) is 15.7 Å². The maximum absolute atomic E-state index is 5.54. The minimum Gasteiger partial charge on any atom is -0.376 e. The molecule has 1 atom stereocenters. The van der Waals surface area contributed by atoms with Crippen LogP contribution in [-0.4, -0.2) is 35.1 Å². The van der Waals surface area contributed by atoms with E-state index in [1.165, 1.54) is 0 Å². The van der Waals surface area contributed by atoms with E-state index in [1.807, 2.05) is 25.1 Å². The van der Waals surface area contributed by atoms with Crippen molar-refractivity contribution < 1.29 is 4.74 Å². The molecule has 0 radical (unpaired) electrons. The van der Waals surface area contributed by atoms with Gasteiger partial charge >= 0.3 is 0 Å². The number of hydrogen-bond acceptors (Lipinski definition) is 5. The van der Waals surface area contributed by atoms with Gasteiger partial charge in [-0.2, -0.15) is 5.10 Å². The largest absolute Gasteiger partial charge is 0.376 e. The van der Waals surface area contributed by atoms with Crippen molar-refractivity contribution in [3.05, 3.63) is 29.3 Å². The highest BCUT2D eigenvalue weighted by molar-refractivity contribution is 7.80. The molecule has 2 N–H and O–H groups in total. The van der Waals surface area contributed by atoms with Crippen LogP contribution in [0.2, 0.25) is 0 Å². The predicted molar refractivity (Wildman–Crippen MR) is 94.5 cm³/mol. The molecule has 22 heavy (non-hydrogen) atoms. The third-order valence-electron chi connectivity index (χ3n) is 3.44. The van der Waals surface area contributed by atoms with Gasteiger partial charge in [0.05, 0.1) is 22.0 Å². The average molecular weight is 334 g/mol. The molecule has 2 aromatic rings. The molecule has 0 unspecified atom stereocenters. The molecule has 0 saturated carbocycles. The van der Waals surface area contributed by atoms with Gasteiger partial charge in [-0.3, -0.25) is 5.43 Å². The van der Waals surface area contributed by atoms with E-state index in [0.29, 0.717) is 5.11 Å². The Kier molecular flexibility index (Phi) is 4.97. The molecule has 5 nitrogen and oxygen atoms in total. The molecule has 2 heterocycles. The van der Waals surface area contributed by atoms with Crippen molar-refractivity contribution in [2.75, 3.05) is 13.2 Å². The molecule has 0 amide bonds. The highest BCUT2D eigenvalue weighted by atomic mass is 32.1. The average Bonchev–Trinajstić information content (AvgIpc) is 3.19. The molecule has 1 saturated heterocycles. The molecule has 0 aliphatic carbocycles. The number of thiazole rings is 1. The van der Waals surface area contributed by atoms with E-state index in [0.717, 1.165) is 46.9 Å². The van der Waals surface area contributed by atoms with E-state index in [-0.39, 0.29) is 6.10 Å². The number of hydrogen-bond donors (Lipinski definition) is 2. The molecule has 1 aromatic heterocycles. The van der Waals surface area contributed by atoms with Gasteiger partial charge in [-0.15, -0.1) is 11.3 Å². The number of aromatic nitrogens is 1. The number of ether oxygens (including phenoxy) is 1. The zero-order valence-corrected chi connectivity index (χ0v) is 14.0. The molecule has 0 bridgehead atoms. The Morgan fingerprint density at radius 2 is 2.36 bits per heavy atom. The van der Waals surface area contributed by atoms with Crippen molar-refractivity contribution in [2.45, 2.75) is 25.9 Å². The Hall–Kier alpha value is -1.57. The zero-order chi connectivity index (χ0) is 15.4. The van der Waals surface area contributed by atoms with Crippen LogP contribution >= 0.6 is 23.6 Å². The number of nitrogens with one attached hydrogen (secondary N) is 2. The van der Waals surface area contributed by atoms with Gasteiger partial charge in [0.1, 0.15) is 5.01 Å². The summed E-state index contributed by atoms with van der Waals surface area (Å²) in [6, 6.07) is 8.06. The predicted octanol–water partition coefficient (Wildman–Crippen LogP) is 2.66. The normalized spacial score (nSPS) is 18.6. The summed E-state index contributed by atoms with van der Waals surface area (Å²) < 4.78 is 6.70. The first kappa shape index (κ1) is 15.3. The second kappa shape index (κ2) is 7.13. The molecule has 7 heteroatoms. The first-order chi connectivity index (χ1) is 10.7. The first-order valence-corrected chi connectivity index (χ1v) is 8.50. The van der Waals surface area contributed by atoms with Gasteiger partial charge in [-0.25, -0.2) is 4.98 Å². The summed E-state index contributed by atoms with van der Waals surface area (Å²) in [5.41, 5.74) is 4.69. The fourth-order valence-corrected chi connectivity index (χ4v) is 3.30. The van der Waals surface area contributed by atoms with E-state index in [2.05, 4.69) is 26.9 Å². The standard InChI is InChI=1S/C15H18N4OS2/c1-10(14-17-12-6-2-3-7-13(12)22-14)18-19-15(21)16-9-11-5-4-8-20-11/h2-3,6-7,11H,4-5,8-9H2,1H3,(H2,16,19,21)/b18-10-/t11-/m1/s1. The van der Waals surface area contributed by atoms with Crippen LogP contribution in [0.15, 0.2) is 29.4 Å². The van der Waals surface area contributed by atoms with Crippen LogP contribution < -0.4 is 10.7 Å². The van der Waals surface area contributed by atoms with E-state index >= 15 is 0 Å². The molecular weight excluding hydrogens is 316 g/mol. The summed E-state index contributed by atoms with van der Waals surface area (Å²) in [5, 5.41) is 8.84. The minimum absolute atomic E-state index is 0.258. The first-order valence-electron chi connectivity index (χ1n) is 7.28. The summed E-state index contributed by atoms with van der Waals surface area (Å²) in [6.45, 7) is 3.50. The van der Waals surface area contributed by atoms with Crippen molar-refractivity contribution in [3.63, 3.8) is 0 Å². The van der Waals surface area contributed by atoms with Gasteiger partial charge in [0.25, 0.3) is 0 Å². The summed E-state index contributed by atoms with van der Waals surface area (Å²) in [7, 11) is 0. The van der Waals surface area contributed by atoms with E-state index in [1.54, 1.807) is 11.3 Å². The lowest BCUT2D eigenvalue weighted by atomic mass is 10.2. The number of fused-ring (bicyclic) bond motifs is 1. The maximum atomic E-state index is 5.54. The van der Waals surface area contributed by atoms with E-state index < -0.39 is 0 Å². The quantitative estimate of drug-likeness (QED) is 0.511. The topological polar surface area (TPSA) is 58.5 Å². The van der Waals surface area contributed by atoms with Crippen molar-refractivity contribution >= 4 is 44.6 Å². The van der Waals surface area contributed by atoms with Crippen molar-refractivity contribution in [3.8, 4) is 0 Å². The molecule has 0 spiro atoms. The highest BCUT2D eigenvalue weighted by Gasteiger charge is 2.15. The summed E-state index contributed by atoms with van der Waals surface area (Å²) in [4.78, 5) is 4.56. The van der Waals surface area contributed by atoms with Crippen LogP contribution in [0.3, 0.4) is 0 Å². The van der Waals surface area contributed by atoms with Crippen LogP contribution in [-0.2, 0) is 4.74 Å². The van der Waals surface area contributed by atoms with Gasteiger partial charge in [-0.05, 0) is 44.1 Å². The van der Waals surface area contributed by atoms with Crippen molar-refractivity contribution in [2.24, 2.45) is 5.10 Å². The Bertz CT molecular complexity index is 659.